The molecule has 128 valence electrons. The molecular formula is C18H27NO4. The minimum Gasteiger partial charge on any atom is -0.460 e. The zero-order chi connectivity index (χ0) is 17.3. The van der Waals surface area contributed by atoms with E-state index < -0.39 is 11.7 Å². The second-order valence-corrected chi connectivity index (χ2v) is 6.48. The summed E-state index contributed by atoms with van der Waals surface area (Å²) in [5.41, 5.74) is 0.392. The highest BCUT2D eigenvalue weighted by molar-refractivity contribution is 5.73. The van der Waals surface area contributed by atoms with Gasteiger partial charge in [-0.05, 0) is 32.8 Å². The van der Waals surface area contributed by atoms with Gasteiger partial charge in [-0.25, -0.2) is 4.79 Å². The maximum Gasteiger partial charge on any atom is 0.407 e. The van der Waals surface area contributed by atoms with E-state index in [4.69, 9.17) is 9.47 Å². The van der Waals surface area contributed by atoms with Crippen molar-refractivity contribution in [2.24, 2.45) is 0 Å². The average Bonchev–Trinajstić information content (AvgIpc) is 2.44. The number of nitrogens with one attached hydrogen (secondary N) is 1. The van der Waals surface area contributed by atoms with Crippen molar-refractivity contribution in [2.75, 3.05) is 0 Å². The van der Waals surface area contributed by atoms with E-state index in [0.29, 0.717) is 6.42 Å². The molecule has 0 bridgehead atoms. The van der Waals surface area contributed by atoms with Crippen LogP contribution in [0.15, 0.2) is 30.3 Å². The summed E-state index contributed by atoms with van der Waals surface area (Å²) in [6, 6.07) is 9.17. The minimum atomic E-state index is -0.526. The van der Waals surface area contributed by atoms with Crippen LogP contribution >= 0.6 is 0 Å². The van der Waals surface area contributed by atoms with Gasteiger partial charge in [0.15, 0.2) is 0 Å². The summed E-state index contributed by atoms with van der Waals surface area (Å²) < 4.78 is 10.5. The molecule has 0 fully saturated rings. The van der Waals surface area contributed by atoms with Gasteiger partial charge in [0.25, 0.3) is 0 Å². The molecule has 0 aliphatic carbocycles. The Hall–Kier alpha value is -2.04. The molecule has 0 aliphatic heterocycles. The van der Waals surface area contributed by atoms with Crippen LogP contribution in [0.4, 0.5) is 4.79 Å². The van der Waals surface area contributed by atoms with Crippen molar-refractivity contribution in [3.63, 3.8) is 0 Å². The number of hydrogen-bond acceptors (Lipinski definition) is 4. The molecule has 1 rings (SSSR count). The second kappa shape index (κ2) is 9.18. The van der Waals surface area contributed by atoms with E-state index in [1.807, 2.05) is 58.0 Å². The maximum absolute atomic E-state index is 11.9. The van der Waals surface area contributed by atoms with Gasteiger partial charge in [-0.1, -0.05) is 43.7 Å². The third kappa shape index (κ3) is 8.86. The van der Waals surface area contributed by atoms with Crippen molar-refractivity contribution in [3.05, 3.63) is 35.9 Å². The molecule has 1 aromatic carbocycles. The van der Waals surface area contributed by atoms with Crippen LogP contribution in [0.2, 0.25) is 0 Å². The van der Waals surface area contributed by atoms with Crippen LogP contribution in [0.5, 0.6) is 0 Å². The number of benzene rings is 1. The Labute approximate surface area is 138 Å². The van der Waals surface area contributed by atoms with Gasteiger partial charge < -0.3 is 14.8 Å². The molecule has 1 amide bonds. The highest BCUT2D eigenvalue weighted by Gasteiger charge is 2.21. The lowest BCUT2D eigenvalue weighted by Gasteiger charge is -2.22. The molecule has 5 nitrogen and oxygen atoms in total. The lowest BCUT2D eigenvalue weighted by molar-refractivity contribution is -0.155. The number of alkyl carbamates (subject to hydrolysis) is 1. The highest BCUT2D eigenvalue weighted by atomic mass is 16.6. The molecule has 1 unspecified atom stereocenters. The van der Waals surface area contributed by atoms with Crippen LogP contribution in [0.3, 0.4) is 0 Å². The van der Waals surface area contributed by atoms with Gasteiger partial charge in [0.1, 0.15) is 12.2 Å². The summed E-state index contributed by atoms with van der Waals surface area (Å²) in [5, 5.41) is 2.74. The highest BCUT2D eigenvalue weighted by Crippen LogP contribution is 2.11. The first-order valence-electron chi connectivity index (χ1n) is 7.99. The van der Waals surface area contributed by atoms with Crippen LogP contribution in [-0.2, 0) is 20.9 Å². The standard InChI is InChI=1S/C18H27NO4/c1-5-9-15(12-16(20)23-18(2,3)4)19-17(21)22-13-14-10-7-6-8-11-14/h6-8,10-11,15H,5,9,12-13H2,1-4H3,(H,19,21). The Bertz CT molecular complexity index is 493. The first kappa shape index (κ1) is 19.0. The molecular weight excluding hydrogens is 294 g/mol. The fourth-order valence-electron chi connectivity index (χ4n) is 2.09. The Morgan fingerprint density at radius 2 is 1.83 bits per heavy atom. The summed E-state index contributed by atoms with van der Waals surface area (Å²) in [7, 11) is 0. The average molecular weight is 321 g/mol. The molecule has 5 heteroatoms. The van der Waals surface area contributed by atoms with Crippen LogP contribution < -0.4 is 5.32 Å². The molecule has 0 saturated heterocycles. The van der Waals surface area contributed by atoms with Gasteiger partial charge >= 0.3 is 12.1 Å². The number of amides is 1. The molecule has 23 heavy (non-hydrogen) atoms. The maximum atomic E-state index is 11.9. The Kier molecular flexibility index (Phi) is 7.59. The van der Waals surface area contributed by atoms with E-state index in [0.717, 1.165) is 12.0 Å². The van der Waals surface area contributed by atoms with E-state index >= 15 is 0 Å². The van der Waals surface area contributed by atoms with E-state index in [-0.39, 0.29) is 25.0 Å². The van der Waals surface area contributed by atoms with Gasteiger partial charge in [0, 0.05) is 6.04 Å². The molecule has 1 N–H and O–H groups in total. The molecule has 1 aromatic rings. The van der Waals surface area contributed by atoms with Crippen LogP contribution in [0, 0.1) is 0 Å². The first-order valence-corrected chi connectivity index (χ1v) is 7.99. The predicted molar refractivity (Wildman–Crippen MR) is 88.9 cm³/mol. The Morgan fingerprint density at radius 1 is 1.17 bits per heavy atom. The topological polar surface area (TPSA) is 64.6 Å². The van der Waals surface area contributed by atoms with E-state index in [2.05, 4.69) is 5.32 Å². The summed E-state index contributed by atoms with van der Waals surface area (Å²) in [6.45, 7) is 7.67. The quantitative estimate of drug-likeness (QED) is 0.776. The van der Waals surface area contributed by atoms with Crippen molar-refractivity contribution in [1.82, 2.24) is 5.32 Å². The van der Waals surface area contributed by atoms with Crippen LogP contribution in [0.25, 0.3) is 0 Å². The number of carbonyl (C=O) groups is 2. The third-order valence-electron chi connectivity index (χ3n) is 3.00. The number of hydrogen-bond donors (Lipinski definition) is 1. The fourth-order valence-corrected chi connectivity index (χ4v) is 2.09. The summed E-state index contributed by atoms with van der Waals surface area (Å²) in [5.74, 6) is -0.320. The summed E-state index contributed by atoms with van der Waals surface area (Å²) in [4.78, 5) is 23.8. The van der Waals surface area contributed by atoms with Crippen LogP contribution in [-0.4, -0.2) is 23.7 Å². The number of ether oxygens (including phenoxy) is 2. The molecule has 1 atom stereocenters. The minimum absolute atomic E-state index is 0.144. The first-order chi connectivity index (χ1) is 10.8. The molecule has 0 spiro atoms. The zero-order valence-corrected chi connectivity index (χ0v) is 14.4. The van der Waals surface area contributed by atoms with Crippen molar-refractivity contribution >= 4 is 12.1 Å². The van der Waals surface area contributed by atoms with Gasteiger partial charge in [0.2, 0.25) is 0 Å². The second-order valence-electron chi connectivity index (χ2n) is 6.48. The van der Waals surface area contributed by atoms with E-state index in [1.165, 1.54) is 0 Å². The van der Waals surface area contributed by atoms with Gasteiger partial charge in [-0.2, -0.15) is 0 Å². The third-order valence-corrected chi connectivity index (χ3v) is 3.00. The SMILES string of the molecule is CCCC(CC(=O)OC(C)(C)C)NC(=O)OCc1ccccc1. The van der Waals surface area contributed by atoms with E-state index in [1.54, 1.807) is 0 Å². The molecule has 0 aromatic heterocycles. The molecule has 0 saturated carbocycles. The van der Waals surface area contributed by atoms with Gasteiger partial charge in [0.05, 0.1) is 6.42 Å². The smallest absolute Gasteiger partial charge is 0.407 e. The monoisotopic (exact) mass is 321 g/mol. The Morgan fingerprint density at radius 3 is 2.39 bits per heavy atom. The lowest BCUT2D eigenvalue weighted by Crippen LogP contribution is -2.38. The lowest BCUT2D eigenvalue weighted by atomic mass is 10.1. The van der Waals surface area contributed by atoms with Crippen molar-refractivity contribution in [1.29, 1.82) is 0 Å². The molecule has 0 radical (unpaired) electrons. The van der Waals surface area contributed by atoms with Crippen LogP contribution in [0.1, 0.15) is 52.5 Å². The Balaban J connectivity index is 2.44. The molecule has 0 heterocycles. The zero-order valence-electron chi connectivity index (χ0n) is 14.4. The van der Waals surface area contributed by atoms with E-state index in [9.17, 15) is 9.59 Å². The normalized spacial score (nSPS) is 12.3. The summed E-state index contributed by atoms with van der Waals surface area (Å²) in [6.07, 6.45) is 1.17. The van der Waals surface area contributed by atoms with Crippen molar-refractivity contribution in [3.8, 4) is 0 Å². The predicted octanol–water partition coefficient (Wildman–Crippen LogP) is 3.81. The van der Waals surface area contributed by atoms with Crippen molar-refractivity contribution < 1.29 is 19.1 Å². The number of esters is 1. The molecule has 0 aliphatic rings. The largest absolute Gasteiger partial charge is 0.460 e. The number of rotatable bonds is 7. The van der Waals surface area contributed by atoms with Gasteiger partial charge in [-0.3, -0.25) is 4.79 Å². The summed E-state index contributed by atoms with van der Waals surface area (Å²) >= 11 is 0. The number of carbonyl (C=O) groups excluding carboxylic acids is 2. The van der Waals surface area contributed by atoms with Gasteiger partial charge in [-0.15, -0.1) is 0 Å². The van der Waals surface area contributed by atoms with Crippen molar-refractivity contribution in [2.45, 2.75) is 65.2 Å². The fraction of sp³-hybridized carbons (Fsp3) is 0.556.